The molecule has 0 aliphatic heterocycles. The molecule has 0 spiro atoms. The zero-order valence-corrected chi connectivity index (χ0v) is 11.1. The summed E-state index contributed by atoms with van der Waals surface area (Å²) in [6.45, 7) is 4.23. The Balaban J connectivity index is 2.08. The lowest BCUT2D eigenvalue weighted by atomic mass is 9.83. The summed E-state index contributed by atoms with van der Waals surface area (Å²) in [5.74, 6) is 0.863. The van der Waals surface area contributed by atoms with Gasteiger partial charge in [0, 0.05) is 17.1 Å². The van der Waals surface area contributed by atoms with Crippen molar-refractivity contribution in [3.05, 3.63) is 18.0 Å². The van der Waals surface area contributed by atoms with E-state index in [9.17, 15) is 5.26 Å². The van der Waals surface area contributed by atoms with Crippen LogP contribution in [0.2, 0.25) is 0 Å². The van der Waals surface area contributed by atoms with Crippen molar-refractivity contribution in [3.63, 3.8) is 0 Å². The van der Waals surface area contributed by atoms with Gasteiger partial charge in [-0.2, -0.15) is 5.26 Å². The molecule has 1 aliphatic carbocycles. The van der Waals surface area contributed by atoms with Crippen molar-refractivity contribution in [2.75, 3.05) is 0 Å². The fourth-order valence-corrected chi connectivity index (χ4v) is 3.60. The van der Waals surface area contributed by atoms with Crippen molar-refractivity contribution in [1.29, 1.82) is 5.26 Å². The summed E-state index contributed by atoms with van der Waals surface area (Å²) in [5, 5.41) is 10.3. The maximum absolute atomic E-state index is 9.18. The third-order valence-corrected chi connectivity index (χ3v) is 4.48. The number of nitriles is 1. The van der Waals surface area contributed by atoms with Gasteiger partial charge in [0.15, 0.2) is 5.16 Å². The van der Waals surface area contributed by atoms with Crippen molar-refractivity contribution < 1.29 is 0 Å². The highest BCUT2D eigenvalue weighted by Crippen LogP contribution is 2.38. The van der Waals surface area contributed by atoms with E-state index < -0.39 is 0 Å². The molecule has 1 aromatic rings. The van der Waals surface area contributed by atoms with Gasteiger partial charge in [-0.1, -0.05) is 18.7 Å². The van der Waals surface area contributed by atoms with Gasteiger partial charge in [0.1, 0.15) is 0 Å². The molecule has 1 heterocycles. The highest BCUT2D eigenvalue weighted by atomic mass is 32.2. The average Bonchev–Trinajstić information content (AvgIpc) is 2.29. The van der Waals surface area contributed by atoms with Crippen LogP contribution in [0.15, 0.2) is 17.4 Å². The Morgan fingerprint density at radius 1 is 1.47 bits per heavy atom. The molecule has 0 amide bonds. The molecule has 4 heteroatoms. The fraction of sp³-hybridized carbons (Fsp3) is 0.615. The summed E-state index contributed by atoms with van der Waals surface area (Å²) in [6, 6.07) is 4.33. The molecule has 3 atom stereocenters. The first-order valence-electron chi connectivity index (χ1n) is 6.05. The predicted octanol–water partition coefficient (Wildman–Crippen LogP) is 3.21. The van der Waals surface area contributed by atoms with E-state index in [2.05, 4.69) is 23.0 Å². The number of nitrogens with zero attached hydrogens (tertiary/aromatic N) is 3. The minimum atomic E-state index is 0.153. The van der Waals surface area contributed by atoms with E-state index in [1.54, 1.807) is 18.0 Å². The minimum Gasteiger partial charge on any atom is -0.231 e. The molecule has 1 fully saturated rings. The first-order chi connectivity index (χ1) is 8.19. The lowest BCUT2D eigenvalue weighted by Crippen LogP contribution is -2.25. The summed E-state index contributed by atoms with van der Waals surface area (Å²) in [6.07, 6.45) is 5.07. The van der Waals surface area contributed by atoms with Crippen LogP contribution in [0.1, 0.15) is 31.9 Å². The van der Waals surface area contributed by atoms with Crippen LogP contribution >= 0.6 is 11.8 Å². The van der Waals surface area contributed by atoms with Crippen molar-refractivity contribution in [2.45, 2.75) is 43.5 Å². The Bertz CT molecular complexity index is 427. The molecule has 3 unspecified atom stereocenters. The first kappa shape index (κ1) is 12.4. The van der Waals surface area contributed by atoms with Gasteiger partial charge in [-0.25, -0.2) is 9.97 Å². The molecule has 0 aromatic carbocycles. The fourth-order valence-electron chi connectivity index (χ4n) is 2.22. The average molecular weight is 247 g/mol. The molecule has 1 saturated carbocycles. The summed E-state index contributed by atoms with van der Waals surface area (Å²) < 4.78 is 0. The van der Waals surface area contributed by atoms with Gasteiger partial charge in [-0.05, 0) is 38.2 Å². The molecule has 1 aliphatic rings. The quantitative estimate of drug-likeness (QED) is 0.753. The van der Waals surface area contributed by atoms with Crippen LogP contribution in [0.5, 0.6) is 0 Å². The molecule has 17 heavy (non-hydrogen) atoms. The molecule has 0 radical (unpaired) electrons. The van der Waals surface area contributed by atoms with Gasteiger partial charge < -0.3 is 0 Å². The predicted molar refractivity (Wildman–Crippen MR) is 68.5 cm³/mol. The SMILES string of the molecule is Cc1ccnc(SC2CC(C)CCC2C#N)n1. The Morgan fingerprint density at radius 3 is 3.00 bits per heavy atom. The van der Waals surface area contributed by atoms with Gasteiger partial charge in [-0.15, -0.1) is 0 Å². The molecule has 0 N–H and O–H groups in total. The van der Waals surface area contributed by atoms with Crippen molar-refractivity contribution in [2.24, 2.45) is 11.8 Å². The van der Waals surface area contributed by atoms with E-state index in [0.29, 0.717) is 11.2 Å². The third-order valence-electron chi connectivity index (χ3n) is 3.25. The van der Waals surface area contributed by atoms with Crippen LogP contribution in [0.25, 0.3) is 0 Å². The number of hydrogen-bond donors (Lipinski definition) is 0. The summed E-state index contributed by atoms with van der Waals surface area (Å²) in [4.78, 5) is 8.67. The second kappa shape index (κ2) is 5.50. The Labute approximate surface area is 107 Å². The molecule has 0 saturated heterocycles. The van der Waals surface area contributed by atoms with Crippen LogP contribution in [-0.2, 0) is 0 Å². The molecule has 3 nitrogen and oxygen atoms in total. The van der Waals surface area contributed by atoms with Crippen LogP contribution < -0.4 is 0 Å². The van der Waals surface area contributed by atoms with E-state index in [1.165, 1.54) is 6.42 Å². The summed E-state index contributed by atoms with van der Waals surface area (Å²) in [5.41, 5.74) is 0.986. The topological polar surface area (TPSA) is 49.6 Å². The van der Waals surface area contributed by atoms with Crippen LogP contribution in [0, 0.1) is 30.1 Å². The van der Waals surface area contributed by atoms with Gasteiger partial charge >= 0.3 is 0 Å². The first-order valence-corrected chi connectivity index (χ1v) is 6.93. The molecule has 90 valence electrons. The molecule has 2 rings (SSSR count). The van der Waals surface area contributed by atoms with Crippen LogP contribution in [0.3, 0.4) is 0 Å². The Hall–Kier alpha value is -1.08. The summed E-state index contributed by atoms with van der Waals surface area (Å²) >= 11 is 1.67. The van der Waals surface area contributed by atoms with Crippen LogP contribution in [0.4, 0.5) is 0 Å². The lowest BCUT2D eigenvalue weighted by molar-refractivity contribution is 0.345. The number of rotatable bonds is 2. The second-order valence-electron chi connectivity index (χ2n) is 4.79. The maximum Gasteiger partial charge on any atom is 0.188 e. The van der Waals surface area contributed by atoms with E-state index in [-0.39, 0.29) is 5.92 Å². The normalized spacial score (nSPS) is 28.6. The summed E-state index contributed by atoms with van der Waals surface area (Å²) in [7, 11) is 0. The smallest absolute Gasteiger partial charge is 0.188 e. The second-order valence-corrected chi connectivity index (χ2v) is 6.00. The highest BCUT2D eigenvalue weighted by molar-refractivity contribution is 7.99. The van der Waals surface area contributed by atoms with Crippen LogP contribution in [-0.4, -0.2) is 15.2 Å². The van der Waals surface area contributed by atoms with Gasteiger partial charge in [-0.3, -0.25) is 0 Å². The van der Waals surface area contributed by atoms with Gasteiger partial charge in [0.25, 0.3) is 0 Å². The number of hydrogen-bond acceptors (Lipinski definition) is 4. The molecular weight excluding hydrogens is 230 g/mol. The van der Waals surface area contributed by atoms with E-state index in [1.807, 2.05) is 13.0 Å². The van der Waals surface area contributed by atoms with Crippen molar-refractivity contribution >= 4 is 11.8 Å². The minimum absolute atomic E-state index is 0.153. The maximum atomic E-state index is 9.18. The third kappa shape index (κ3) is 3.19. The zero-order valence-electron chi connectivity index (χ0n) is 10.3. The molecule has 0 bridgehead atoms. The number of aryl methyl sites for hydroxylation is 1. The van der Waals surface area contributed by atoms with Gasteiger partial charge in [0.05, 0.1) is 12.0 Å². The van der Waals surface area contributed by atoms with E-state index in [4.69, 9.17) is 0 Å². The molecule has 1 aromatic heterocycles. The highest BCUT2D eigenvalue weighted by Gasteiger charge is 2.30. The Morgan fingerprint density at radius 2 is 2.29 bits per heavy atom. The standard InChI is InChI=1S/C13H17N3S/c1-9-3-4-11(8-14)12(7-9)17-13-15-6-5-10(2)16-13/h5-6,9,11-12H,3-4,7H2,1-2H3. The zero-order chi connectivity index (χ0) is 12.3. The van der Waals surface area contributed by atoms with E-state index >= 15 is 0 Å². The monoisotopic (exact) mass is 247 g/mol. The number of thioether (sulfide) groups is 1. The lowest BCUT2D eigenvalue weighted by Gasteiger charge is -2.29. The molecular formula is C13H17N3S. The Kier molecular flexibility index (Phi) is 4.01. The number of aromatic nitrogens is 2. The van der Waals surface area contributed by atoms with E-state index in [0.717, 1.165) is 23.7 Å². The largest absolute Gasteiger partial charge is 0.231 e. The van der Waals surface area contributed by atoms with Gasteiger partial charge in [0.2, 0.25) is 0 Å². The van der Waals surface area contributed by atoms with Crippen molar-refractivity contribution in [1.82, 2.24) is 9.97 Å². The van der Waals surface area contributed by atoms with Crippen molar-refractivity contribution in [3.8, 4) is 6.07 Å².